The van der Waals surface area contributed by atoms with Gasteiger partial charge in [-0.1, -0.05) is 6.92 Å². The Labute approximate surface area is 104 Å². The minimum Gasteiger partial charge on any atom is -0.468 e. The van der Waals surface area contributed by atoms with Gasteiger partial charge in [-0.25, -0.2) is 0 Å². The molecule has 5 heteroatoms. The summed E-state index contributed by atoms with van der Waals surface area (Å²) in [6, 6.07) is 0. The lowest BCUT2D eigenvalue weighted by Gasteiger charge is -2.29. The maximum atomic E-state index is 11.7. The van der Waals surface area contributed by atoms with Crippen LogP contribution in [0.15, 0.2) is 0 Å². The number of nitrogens with zero attached hydrogens (tertiary/aromatic N) is 1. The summed E-state index contributed by atoms with van der Waals surface area (Å²) in [7, 11) is 5.13. The van der Waals surface area contributed by atoms with E-state index in [4.69, 9.17) is 9.47 Å². The summed E-state index contributed by atoms with van der Waals surface area (Å²) in [5.41, 5.74) is -0.606. The van der Waals surface area contributed by atoms with Crippen molar-refractivity contribution in [2.75, 3.05) is 47.5 Å². The van der Waals surface area contributed by atoms with E-state index in [9.17, 15) is 4.79 Å². The van der Waals surface area contributed by atoms with Crippen LogP contribution in [0.3, 0.4) is 0 Å². The molecule has 0 rings (SSSR count). The Hall–Kier alpha value is -0.650. The standard InChI is InChI=1S/C12H26N2O3/c1-6-13-12(2,11(15)17-5)7-8-14(3)9-10-16-4/h13H,6-10H2,1-5H3. The van der Waals surface area contributed by atoms with Crippen molar-refractivity contribution >= 4 is 5.97 Å². The lowest BCUT2D eigenvalue weighted by atomic mass is 9.97. The van der Waals surface area contributed by atoms with Crippen LogP contribution in [0.5, 0.6) is 0 Å². The monoisotopic (exact) mass is 246 g/mol. The molecule has 0 radical (unpaired) electrons. The van der Waals surface area contributed by atoms with Gasteiger partial charge in [0, 0.05) is 20.2 Å². The third kappa shape index (κ3) is 6.00. The van der Waals surface area contributed by atoms with Gasteiger partial charge in [0.15, 0.2) is 0 Å². The fraction of sp³-hybridized carbons (Fsp3) is 0.917. The maximum Gasteiger partial charge on any atom is 0.325 e. The normalized spacial score (nSPS) is 14.7. The highest BCUT2D eigenvalue weighted by Gasteiger charge is 2.33. The van der Waals surface area contributed by atoms with Crippen molar-refractivity contribution in [1.29, 1.82) is 0 Å². The van der Waals surface area contributed by atoms with Gasteiger partial charge < -0.3 is 19.7 Å². The molecule has 1 unspecified atom stereocenters. The van der Waals surface area contributed by atoms with E-state index in [0.29, 0.717) is 13.0 Å². The molecule has 0 aromatic carbocycles. The molecule has 1 N–H and O–H groups in total. The largest absolute Gasteiger partial charge is 0.468 e. The predicted molar refractivity (Wildman–Crippen MR) is 68.1 cm³/mol. The lowest BCUT2D eigenvalue weighted by Crippen LogP contribution is -2.51. The third-order valence-corrected chi connectivity index (χ3v) is 2.87. The van der Waals surface area contributed by atoms with Gasteiger partial charge in [0.25, 0.3) is 0 Å². The van der Waals surface area contributed by atoms with E-state index in [2.05, 4.69) is 10.2 Å². The molecule has 0 aliphatic carbocycles. The smallest absolute Gasteiger partial charge is 0.325 e. The fourth-order valence-electron chi connectivity index (χ4n) is 1.65. The van der Waals surface area contributed by atoms with Crippen LogP contribution in [-0.2, 0) is 14.3 Å². The summed E-state index contributed by atoms with van der Waals surface area (Å²) < 4.78 is 9.85. The fourth-order valence-corrected chi connectivity index (χ4v) is 1.65. The number of carbonyl (C=O) groups is 1. The van der Waals surface area contributed by atoms with Gasteiger partial charge in [-0.05, 0) is 26.9 Å². The molecule has 0 aromatic heterocycles. The molecule has 0 amide bonds. The average molecular weight is 246 g/mol. The maximum absolute atomic E-state index is 11.7. The first-order chi connectivity index (χ1) is 8.00. The van der Waals surface area contributed by atoms with Gasteiger partial charge in [-0.3, -0.25) is 4.79 Å². The molecule has 0 aliphatic heterocycles. The van der Waals surface area contributed by atoms with E-state index in [1.165, 1.54) is 7.11 Å². The van der Waals surface area contributed by atoms with Gasteiger partial charge in [0.1, 0.15) is 5.54 Å². The molecular weight excluding hydrogens is 220 g/mol. The first-order valence-corrected chi connectivity index (χ1v) is 6.01. The van der Waals surface area contributed by atoms with E-state index >= 15 is 0 Å². The average Bonchev–Trinajstić information content (AvgIpc) is 2.33. The first kappa shape index (κ1) is 16.4. The quantitative estimate of drug-likeness (QED) is 0.600. The molecule has 0 saturated heterocycles. The van der Waals surface area contributed by atoms with Crippen molar-refractivity contribution in [2.45, 2.75) is 25.8 Å². The molecule has 0 bridgehead atoms. The molecular formula is C12H26N2O3. The molecule has 0 fully saturated rings. The molecule has 5 nitrogen and oxygen atoms in total. The van der Waals surface area contributed by atoms with Gasteiger partial charge in [0.05, 0.1) is 13.7 Å². The van der Waals surface area contributed by atoms with Crippen LogP contribution < -0.4 is 5.32 Å². The van der Waals surface area contributed by atoms with Crippen LogP contribution in [0.4, 0.5) is 0 Å². The lowest BCUT2D eigenvalue weighted by molar-refractivity contribution is -0.148. The van der Waals surface area contributed by atoms with Gasteiger partial charge in [0.2, 0.25) is 0 Å². The number of hydrogen-bond acceptors (Lipinski definition) is 5. The van der Waals surface area contributed by atoms with Gasteiger partial charge >= 0.3 is 5.97 Å². The van der Waals surface area contributed by atoms with Crippen molar-refractivity contribution in [1.82, 2.24) is 10.2 Å². The van der Waals surface area contributed by atoms with Crippen LogP contribution >= 0.6 is 0 Å². The second-order valence-electron chi connectivity index (χ2n) is 4.40. The molecule has 1 atom stereocenters. The number of esters is 1. The Morgan fingerprint density at radius 3 is 2.47 bits per heavy atom. The highest BCUT2D eigenvalue weighted by molar-refractivity contribution is 5.80. The van der Waals surface area contributed by atoms with Crippen molar-refractivity contribution in [3.63, 3.8) is 0 Å². The number of hydrogen-bond donors (Lipinski definition) is 1. The highest BCUT2D eigenvalue weighted by Crippen LogP contribution is 2.12. The van der Waals surface area contributed by atoms with Crippen molar-refractivity contribution in [3.05, 3.63) is 0 Å². The summed E-state index contributed by atoms with van der Waals surface area (Å²) in [5, 5.41) is 3.19. The van der Waals surface area contributed by atoms with E-state index in [1.807, 2.05) is 20.9 Å². The summed E-state index contributed by atoms with van der Waals surface area (Å²) in [6.07, 6.45) is 0.716. The number of likely N-dealkylation sites (N-methyl/N-ethyl adjacent to an activating group) is 2. The molecule has 0 heterocycles. The van der Waals surface area contributed by atoms with Crippen molar-refractivity contribution in [3.8, 4) is 0 Å². The summed E-state index contributed by atoms with van der Waals surface area (Å²) >= 11 is 0. The molecule has 0 aromatic rings. The number of methoxy groups -OCH3 is 2. The minimum absolute atomic E-state index is 0.209. The highest BCUT2D eigenvalue weighted by atomic mass is 16.5. The van der Waals surface area contributed by atoms with E-state index in [-0.39, 0.29) is 5.97 Å². The van der Waals surface area contributed by atoms with Crippen molar-refractivity contribution in [2.24, 2.45) is 0 Å². The van der Waals surface area contributed by atoms with Crippen LogP contribution in [-0.4, -0.2) is 63.9 Å². The van der Waals surface area contributed by atoms with E-state index < -0.39 is 5.54 Å². The van der Waals surface area contributed by atoms with Crippen LogP contribution in [0.25, 0.3) is 0 Å². The zero-order valence-electron chi connectivity index (χ0n) is 11.7. The summed E-state index contributed by atoms with van der Waals surface area (Å²) in [4.78, 5) is 13.9. The minimum atomic E-state index is -0.606. The second kappa shape index (κ2) is 8.44. The van der Waals surface area contributed by atoms with Crippen LogP contribution in [0, 0.1) is 0 Å². The number of ether oxygens (including phenoxy) is 2. The number of rotatable bonds is 9. The van der Waals surface area contributed by atoms with E-state index in [0.717, 1.165) is 19.6 Å². The Balaban J connectivity index is 4.21. The molecule has 17 heavy (non-hydrogen) atoms. The zero-order chi connectivity index (χ0) is 13.3. The Bertz CT molecular complexity index is 224. The predicted octanol–water partition coefficient (Wildman–Crippen LogP) is 0.496. The molecule has 0 saturated carbocycles. The Kier molecular flexibility index (Phi) is 8.12. The zero-order valence-corrected chi connectivity index (χ0v) is 11.7. The summed E-state index contributed by atoms with van der Waals surface area (Å²) in [6.45, 7) is 6.99. The molecule has 0 spiro atoms. The van der Waals surface area contributed by atoms with Crippen LogP contribution in [0.1, 0.15) is 20.3 Å². The second-order valence-corrected chi connectivity index (χ2v) is 4.40. The van der Waals surface area contributed by atoms with Gasteiger partial charge in [-0.2, -0.15) is 0 Å². The Morgan fingerprint density at radius 1 is 1.35 bits per heavy atom. The Morgan fingerprint density at radius 2 is 2.00 bits per heavy atom. The van der Waals surface area contributed by atoms with E-state index in [1.54, 1.807) is 7.11 Å². The number of carbonyl (C=O) groups excluding carboxylic acids is 1. The summed E-state index contributed by atoms with van der Waals surface area (Å²) in [5.74, 6) is -0.209. The molecule has 102 valence electrons. The third-order valence-electron chi connectivity index (χ3n) is 2.87. The topological polar surface area (TPSA) is 50.8 Å². The first-order valence-electron chi connectivity index (χ1n) is 6.01. The SMILES string of the molecule is CCNC(C)(CCN(C)CCOC)C(=O)OC. The van der Waals surface area contributed by atoms with Crippen LogP contribution in [0.2, 0.25) is 0 Å². The number of nitrogens with one attached hydrogen (secondary N) is 1. The van der Waals surface area contributed by atoms with Gasteiger partial charge in [-0.15, -0.1) is 0 Å². The van der Waals surface area contributed by atoms with Crippen molar-refractivity contribution < 1.29 is 14.3 Å². The molecule has 0 aliphatic rings.